The van der Waals surface area contributed by atoms with E-state index in [0.29, 0.717) is 32.5 Å². The molecule has 0 saturated carbocycles. The maximum absolute atomic E-state index is 12.2. The van der Waals surface area contributed by atoms with Crippen molar-refractivity contribution < 1.29 is 14.7 Å². The van der Waals surface area contributed by atoms with Crippen molar-refractivity contribution in [2.24, 2.45) is 5.92 Å². The van der Waals surface area contributed by atoms with Crippen LogP contribution in [0.3, 0.4) is 0 Å². The minimum Gasteiger partial charge on any atom is -0.481 e. The molecule has 0 aromatic heterocycles. The third-order valence-electron chi connectivity index (χ3n) is 3.32. The Morgan fingerprint density at radius 3 is 2.24 bits per heavy atom. The van der Waals surface area contributed by atoms with Gasteiger partial charge in [-0.3, -0.25) is 4.79 Å². The lowest BCUT2D eigenvalue weighted by molar-refractivity contribution is -0.143. The normalized spacial score (nSPS) is 17.3. The van der Waals surface area contributed by atoms with Crippen molar-refractivity contribution in [2.45, 2.75) is 39.7 Å². The number of carbonyl (C=O) groups excluding carboxylic acids is 1. The lowest BCUT2D eigenvalue weighted by Crippen LogP contribution is -2.49. The van der Waals surface area contributed by atoms with Gasteiger partial charge >= 0.3 is 12.0 Å². The molecule has 0 bridgehead atoms. The topological polar surface area (TPSA) is 60.9 Å². The fourth-order valence-corrected chi connectivity index (χ4v) is 2.22. The Morgan fingerprint density at radius 1 is 1.35 bits per heavy atom. The first-order chi connectivity index (χ1) is 7.97. The van der Waals surface area contributed by atoms with E-state index in [4.69, 9.17) is 5.11 Å². The molecule has 1 saturated heterocycles. The minimum absolute atomic E-state index is 0.0336. The zero-order chi connectivity index (χ0) is 13.0. The van der Waals surface area contributed by atoms with Crippen molar-refractivity contribution in [3.63, 3.8) is 0 Å². The van der Waals surface area contributed by atoms with Crippen LogP contribution in [-0.2, 0) is 4.79 Å². The molecule has 0 aromatic carbocycles. The number of amides is 2. The zero-order valence-electron chi connectivity index (χ0n) is 10.8. The van der Waals surface area contributed by atoms with Gasteiger partial charge in [0.1, 0.15) is 0 Å². The molecule has 0 aromatic rings. The second-order valence-corrected chi connectivity index (χ2v) is 4.76. The molecule has 1 N–H and O–H groups in total. The highest BCUT2D eigenvalue weighted by atomic mass is 16.4. The third kappa shape index (κ3) is 3.35. The van der Waals surface area contributed by atoms with Gasteiger partial charge in [0.25, 0.3) is 0 Å². The lowest BCUT2D eigenvalue weighted by Gasteiger charge is -2.36. The third-order valence-corrected chi connectivity index (χ3v) is 3.32. The lowest BCUT2D eigenvalue weighted by atomic mass is 9.97. The Balaban J connectivity index is 2.53. The molecule has 0 unspecified atom stereocenters. The summed E-state index contributed by atoms with van der Waals surface area (Å²) in [6, 6.07) is 0.219. The predicted octanol–water partition coefficient (Wildman–Crippen LogP) is 1.63. The van der Waals surface area contributed by atoms with Gasteiger partial charge in [0, 0.05) is 25.7 Å². The molecule has 1 fully saturated rings. The molecule has 5 nitrogen and oxygen atoms in total. The molecular formula is C12H22N2O3. The van der Waals surface area contributed by atoms with Gasteiger partial charge in [0.2, 0.25) is 0 Å². The van der Waals surface area contributed by atoms with Gasteiger partial charge in [0.05, 0.1) is 5.92 Å². The van der Waals surface area contributed by atoms with Crippen LogP contribution in [0.15, 0.2) is 0 Å². The first-order valence-corrected chi connectivity index (χ1v) is 6.25. The van der Waals surface area contributed by atoms with Crippen LogP contribution in [-0.4, -0.2) is 52.6 Å². The Kier molecular flexibility index (Phi) is 4.78. The van der Waals surface area contributed by atoms with Gasteiger partial charge < -0.3 is 14.9 Å². The van der Waals surface area contributed by atoms with E-state index in [1.54, 1.807) is 9.80 Å². The fourth-order valence-electron chi connectivity index (χ4n) is 2.22. The number of likely N-dealkylation sites (tertiary alicyclic amines) is 1. The van der Waals surface area contributed by atoms with Gasteiger partial charge in [-0.05, 0) is 33.6 Å². The molecular weight excluding hydrogens is 220 g/mol. The van der Waals surface area contributed by atoms with Gasteiger partial charge in [-0.25, -0.2) is 4.79 Å². The maximum Gasteiger partial charge on any atom is 0.320 e. The molecule has 17 heavy (non-hydrogen) atoms. The predicted molar refractivity (Wildman–Crippen MR) is 64.8 cm³/mol. The maximum atomic E-state index is 12.2. The molecule has 2 amide bonds. The number of hydrogen-bond acceptors (Lipinski definition) is 2. The van der Waals surface area contributed by atoms with E-state index in [9.17, 15) is 9.59 Å². The Hall–Kier alpha value is -1.26. The van der Waals surface area contributed by atoms with E-state index in [0.717, 1.165) is 0 Å². The van der Waals surface area contributed by atoms with Gasteiger partial charge in [-0.2, -0.15) is 0 Å². The van der Waals surface area contributed by atoms with Crippen molar-refractivity contribution >= 4 is 12.0 Å². The van der Waals surface area contributed by atoms with Gasteiger partial charge in [-0.15, -0.1) is 0 Å². The first-order valence-electron chi connectivity index (χ1n) is 6.25. The second-order valence-electron chi connectivity index (χ2n) is 4.76. The number of nitrogens with zero attached hydrogens (tertiary/aromatic N) is 2. The van der Waals surface area contributed by atoms with Crippen LogP contribution < -0.4 is 0 Å². The number of aliphatic carboxylic acids is 1. The quantitative estimate of drug-likeness (QED) is 0.818. The molecule has 1 rings (SSSR count). The van der Waals surface area contributed by atoms with Crippen LogP contribution in [0, 0.1) is 5.92 Å². The average molecular weight is 242 g/mol. The largest absolute Gasteiger partial charge is 0.481 e. The summed E-state index contributed by atoms with van der Waals surface area (Å²) in [5, 5.41) is 8.89. The van der Waals surface area contributed by atoms with Crippen molar-refractivity contribution in [3.05, 3.63) is 0 Å². The number of carboxylic acids is 1. The van der Waals surface area contributed by atoms with E-state index in [1.807, 2.05) is 20.8 Å². The average Bonchev–Trinajstić information content (AvgIpc) is 2.29. The van der Waals surface area contributed by atoms with E-state index in [2.05, 4.69) is 0 Å². The molecule has 1 aliphatic heterocycles. The molecule has 0 radical (unpaired) electrons. The summed E-state index contributed by atoms with van der Waals surface area (Å²) < 4.78 is 0. The standard InChI is InChI=1S/C12H22N2O3/c1-4-14(9(2)3)12(17)13-7-5-10(6-8-13)11(15)16/h9-10H,4-8H2,1-3H3,(H,15,16). The number of carbonyl (C=O) groups is 2. The summed E-state index contributed by atoms with van der Waals surface area (Å²) in [5.74, 6) is -1.03. The van der Waals surface area contributed by atoms with Crippen molar-refractivity contribution in [1.29, 1.82) is 0 Å². The number of urea groups is 1. The number of piperidine rings is 1. The number of hydrogen-bond donors (Lipinski definition) is 1. The highest BCUT2D eigenvalue weighted by Gasteiger charge is 2.29. The van der Waals surface area contributed by atoms with Crippen LogP contribution in [0.2, 0.25) is 0 Å². The van der Waals surface area contributed by atoms with Crippen LogP contribution >= 0.6 is 0 Å². The van der Waals surface area contributed by atoms with E-state index < -0.39 is 5.97 Å². The van der Waals surface area contributed by atoms with E-state index in [1.165, 1.54) is 0 Å². The Bertz CT molecular complexity index is 283. The molecule has 0 aliphatic carbocycles. The van der Waals surface area contributed by atoms with Crippen LogP contribution in [0.25, 0.3) is 0 Å². The molecule has 5 heteroatoms. The second kappa shape index (κ2) is 5.89. The first kappa shape index (κ1) is 13.8. The number of carboxylic acid groups (broad SMARTS) is 1. The fraction of sp³-hybridized carbons (Fsp3) is 0.833. The van der Waals surface area contributed by atoms with Crippen LogP contribution in [0.5, 0.6) is 0 Å². The monoisotopic (exact) mass is 242 g/mol. The summed E-state index contributed by atoms with van der Waals surface area (Å²) in [6.07, 6.45) is 1.13. The van der Waals surface area contributed by atoms with E-state index >= 15 is 0 Å². The molecule has 0 atom stereocenters. The Labute approximate surface area is 102 Å². The molecule has 1 heterocycles. The summed E-state index contributed by atoms with van der Waals surface area (Å²) in [4.78, 5) is 26.5. The number of rotatable bonds is 3. The van der Waals surface area contributed by atoms with Gasteiger partial charge in [0.15, 0.2) is 0 Å². The summed E-state index contributed by atoms with van der Waals surface area (Å²) in [7, 11) is 0. The smallest absolute Gasteiger partial charge is 0.320 e. The van der Waals surface area contributed by atoms with Crippen molar-refractivity contribution in [3.8, 4) is 0 Å². The molecule has 1 aliphatic rings. The minimum atomic E-state index is -0.742. The highest BCUT2D eigenvalue weighted by Crippen LogP contribution is 2.19. The highest BCUT2D eigenvalue weighted by molar-refractivity contribution is 5.75. The molecule has 0 spiro atoms. The van der Waals surface area contributed by atoms with Crippen LogP contribution in [0.4, 0.5) is 4.79 Å². The Morgan fingerprint density at radius 2 is 1.88 bits per heavy atom. The van der Waals surface area contributed by atoms with Crippen LogP contribution in [0.1, 0.15) is 33.6 Å². The summed E-state index contributed by atoms with van der Waals surface area (Å²) in [5.41, 5.74) is 0. The van der Waals surface area contributed by atoms with E-state index in [-0.39, 0.29) is 18.0 Å². The molecule has 98 valence electrons. The SMILES string of the molecule is CCN(C(=O)N1CCC(C(=O)O)CC1)C(C)C. The van der Waals surface area contributed by atoms with Crippen molar-refractivity contribution in [2.75, 3.05) is 19.6 Å². The van der Waals surface area contributed by atoms with Crippen molar-refractivity contribution in [1.82, 2.24) is 9.80 Å². The van der Waals surface area contributed by atoms with Gasteiger partial charge in [-0.1, -0.05) is 0 Å². The summed E-state index contributed by atoms with van der Waals surface area (Å²) >= 11 is 0. The summed E-state index contributed by atoms with van der Waals surface area (Å²) in [6.45, 7) is 7.74. The zero-order valence-corrected chi connectivity index (χ0v) is 10.8.